The second-order valence-corrected chi connectivity index (χ2v) is 11.6. The number of halogens is 1. The van der Waals surface area contributed by atoms with Crippen LogP contribution in [0.4, 0.5) is 0 Å². The number of alkyl halides is 1. The fourth-order valence-electron chi connectivity index (χ4n) is 2.91. The highest BCUT2D eigenvalue weighted by Gasteiger charge is 2.18. The Morgan fingerprint density at radius 3 is 1.42 bits per heavy atom. The molecule has 8 nitrogen and oxygen atoms in total. The summed E-state index contributed by atoms with van der Waals surface area (Å²) in [6, 6.07) is 19.2. The van der Waals surface area contributed by atoms with E-state index in [1.54, 1.807) is 6.92 Å². The minimum Gasteiger partial charge on any atom is -0.481 e. The van der Waals surface area contributed by atoms with Crippen LogP contribution in [0, 0.1) is 23.7 Å². The maximum atomic E-state index is 11.6. The van der Waals surface area contributed by atoms with Crippen LogP contribution in [0.2, 0.25) is 0 Å². The van der Waals surface area contributed by atoms with Crippen LogP contribution in [0.1, 0.15) is 78.4 Å². The van der Waals surface area contributed by atoms with Gasteiger partial charge >= 0.3 is 23.9 Å². The number of hydrogen-bond acceptors (Lipinski definition) is 7. The quantitative estimate of drug-likeness (QED) is 0.0895. The van der Waals surface area contributed by atoms with Crippen LogP contribution in [-0.4, -0.2) is 40.9 Å². The number of ether oxygens (including phenoxy) is 3. The molecule has 0 amide bonds. The van der Waals surface area contributed by atoms with E-state index >= 15 is 0 Å². The Kier molecular flexibility index (Phi) is 22.5. The molecule has 0 heterocycles. The van der Waals surface area contributed by atoms with Crippen LogP contribution in [0.25, 0.3) is 0 Å². The molecule has 2 rings (SSSR count). The van der Waals surface area contributed by atoms with Gasteiger partial charge < -0.3 is 19.3 Å². The zero-order chi connectivity index (χ0) is 32.6. The van der Waals surface area contributed by atoms with Crippen molar-refractivity contribution in [2.45, 2.75) is 80.4 Å². The van der Waals surface area contributed by atoms with Crippen LogP contribution >= 0.6 is 15.9 Å². The number of aliphatic carboxylic acids is 1. The first-order valence-corrected chi connectivity index (χ1v) is 15.9. The van der Waals surface area contributed by atoms with E-state index in [9.17, 15) is 19.2 Å². The van der Waals surface area contributed by atoms with Crippen molar-refractivity contribution in [3.05, 3.63) is 71.8 Å². The molecule has 2 aromatic rings. The zero-order valence-corrected chi connectivity index (χ0v) is 28.0. The van der Waals surface area contributed by atoms with Crippen molar-refractivity contribution >= 4 is 39.8 Å². The van der Waals surface area contributed by atoms with E-state index in [-0.39, 0.29) is 61.2 Å². The van der Waals surface area contributed by atoms with Gasteiger partial charge in [-0.3, -0.25) is 19.2 Å². The summed E-state index contributed by atoms with van der Waals surface area (Å²) in [7, 11) is 0. The van der Waals surface area contributed by atoms with Gasteiger partial charge in [-0.05, 0) is 35.8 Å². The number of carboxylic acid groups (broad SMARTS) is 1. The summed E-state index contributed by atoms with van der Waals surface area (Å²) in [5.41, 5.74) is 1.99. The van der Waals surface area contributed by atoms with Gasteiger partial charge in [0, 0.05) is 18.2 Å². The molecule has 0 aliphatic rings. The van der Waals surface area contributed by atoms with E-state index in [1.165, 1.54) is 0 Å². The molecule has 0 bridgehead atoms. The lowest BCUT2D eigenvalue weighted by Gasteiger charge is -2.14. The Morgan fingerprint density at radius 1 is 0.651 bits per heavy atom. The van der Waals surface area contributed by atoms with E-state index in [1.807, 2.05) is 95.3 Å². The van der Waals surface area contributed by atoms with Gasteiger partial charge in [0.2, 0.25) is 0 Å². The third-order valence-corrected chi connectivity index (χ3v) is 7.09. The molecule has 9 heteroatoms. The minimum absolute atomic E-state index is 0.116. The second-order valence-electron chi connectivity index (χ2n) is 10.8. The molecule has 2 atom stereocenters. The zero-order valence-electron chi connectivity index (χ0n) is 26.4. The van der Waals surface area contributed by atoms with Crippen molar-refractivity contribution in [3.8, 4) is 0 Å². The standard InChI is InChI=1S/C17H24O4.C11H13BrO2.C6H12O2/c1-13(2)14(3)17(19)20-11-7-10-16(18)21-12-15-8-5-4-6-9-15;12-8-4-7-11(13)14-9-10-5-2-1-3-6-10;1-4(2)5(3)6(7)8/h4-6,8-9,13-14H,7,10-12H2,1-3H3;1-3,5-6H,4,7-9H2;4-5H,1-3H3,(H,7,8)/t14-;;5-/m0.0/s1. The van der Waals surface area contributed by atoms with Crippen LogP contribution in [-0.2, 0) is 46.6 Å². The molecule has 2 aromatic carbocycles. The number of hydrogen-bond donors (Lipinski definition) is 1. The van der Waals surface area contributed by atoms with Crippen molar-refractivity contribution in [3.63, 3.8) is 0 Å². The molecule has 0 unspecified atom stereocenters. The lowest BCUT2D eigenvalue weighted by Crippen LogP contribution is -2.20. The Balaban J connectivity index is 0.000000688. The first-order valence-electron chi connectivity index (χ1n) is 14.7. The summed E-state index contributed by atoms with van der Waals surface area (Å²) in [6.45, 7) is 12.2. The average molecular weight is 666 g/mol. The fourth-order valence-corrected chi connectivity index (χ4v) is 3.19. The van der Waals surface area contributed by atoms with E-state index in [0.29, 0.717) is 19.4 Å². The van der Waals surface area contributed by atoms with E-state index < -0.39 is 5.97 Å². The highest BCUT2D eigenvalue weighted by molar-refractivity contribution is 9.09. The minimum atomic E-state index is -0.708. The van der Waals surface area contributed by atoms with Gasteiger partial charge in [-0.1, -0.05) is 118 Å². The SMILES string of the molecule is CC(C)[C@H](C)C(=O)O.CC(C)[C@H](C)C(=O)OCCCC(=O)OCc1ccccc1.O=C(CCCBr)OCc1ccccc1. The molecule has 0 aliphatic carbocycles. The van der Waals surface area contributed by atoms with Crippen LogP contribution < -0.4 is 0 Å². The smallest absolute Gasteiger partial charge is 0.308 e. The molecule has 0 saturated carbocycles. The maximum Gasteiger partial charge on any atom is 0.308 e. The van der Waals surface area contributed by atoms with Gasteiger partial charge in [0.1, 0.15) is 13.2 Å². The van der Waals surface area contributed by atoms with Crippen molar-refractivity contribution < 1.29 is 38.5 Å². The summed E-state index contributed by atoms with van der Waals surface area (Å²) in [5, 5.41) is 9.19. The predicted molar refractivity (Wildman–Crippen MR) is 171 cm³/mol. The molecule has 0 aromatic heterocycles. The Bertz CT molecular complexity index is 1040. The van der Waals surface area contributed by atoms with Gasteiger partial charge in [0.05, 0.1) is 18.4 Å². The van der Waals surface area contributed by atoms with E-state index in [4.69, 9.17) is 19.3 Å². The molecule has 0 aliphatic heterocycles. The van der Waals surface area contributed by atoms with Gasteiger partial charge in [-0.25, -0.2) is 0 Å². The number of esters is 3. The monoisotopic (exact) mass is 664 g/mol. The largest absolute Gasteiger partial charge is 0.481 e. The fraction of sp³-hybridized carbons (Fsp3) is 0.529. The first-order chi connectivity index (χ1) is 20.4. The van der Waals surface area contributed by atoms with Gasteiger partial charge in [-0.2, -0.15) is 0 Å². The number of carboxylic acids is 1. The molecule has 0 saturated heterocycles. The summed E-state index contributed by atoms with van der Waals surface area (Å²) in [6.07, 6.45) is 2.06. The van der Waals surface area contributed by atoms with Crippen molar-refractivity contribution in [1.82, 2.24) is 0 Å². The molecule has 0 fully saturated rings. The van der Waals surface area contributed by atoms with Gasteiger partial charge in [0.25, 0.3) is 0 Å². The summed E-state index contributed by atoms with van der Waals surface area (Å²) in [5.74, 6) is -1.14. The highest BCUT2D eigenvalue weighted by Crippen LogP contribution is 2.12. The normalized spacial score (nSPS) is 11.7. The molecule has 0 spiro atoms. The predicted octanol–water partition coefficient (Wildman–Crippen LogP) is 7.61. The van der Waals surface area contributed by atoms with E-state index in [0.717, 1.165) is 22.9 Å². The Hall–Kier alpha value is -3.20. The average Bonchev–Trinajstić information content (AvgIpc) is 3.00. The number of carbonyl (C=O) groups is 4. The summed E-state index contributed by atoms with van der Waals surface area (Å²) in [4.78, 5) is 44.4. The molecular formula is C34H49BrO8. The van der Waals surface area contributed by atoms with Crippen LogP contribution in [0.5, 0.6) is 0 Å². The highest BCUT2D eigenvalue weighted by atomic mass is 79.9. The van der Waals surface area contributed by atoms with Gasteiger partial charge in [0.15, 0.2) is 0 Å². The number of benzene rings is 2. The third-order valence-electron chi connectivity index (χ3n) is 6.53. The summed E-state index contributed by atoms with van der Waals surface area (Å²) < 4.78 is 15.3. The maximum absolute atomic E-state index is 11.6. The Labute approximate surface area is 265 Å². The summed E-state index contributed by atoms with van der Waals surface area (Å²) >= 11 is 3.27. The van der Waals surface area contributed by atoms with Gasteiger partial charge in [-0.15, -0.1) is 0 Å². The number of rotatable bonds is 15. The van der Waals surface area contributed by atoms with Crippen LogP contribution in [0.3, 0.4) is 0 Å². The number of carbonyl (C=O) groups excluding carboxylic acids is 3. The Morgan fingerprint density at radius 2 is 1.07 bits per heavy atom. The molecule has 43 heavy (non-hydrogen) atoms. The molecule has 240 valence electrons. The van der Waals surface area contributed by atoms with Crippen LogP contribution in [0.15, 0.2) is 60.7 Å². The lowest BCUT2D eigenvalue weighted by atomic mass is 9.99. The van der Waals surface area contributed by atoms with Crippen molar-refractivity contribution in [1.29, 1.82) is 0 Å². The van der Waals surface area contributed by atoms with Crippen molar-refractivity contribution in [2.24, 2.45) is 23.7 Å². The first kappa shape index (κ1) is 39.8. The molecular weight excluding hydrogens is 616 g/mol. The third kappa shape index (κ3) is 21.2. The van der Waals surface area contributed by atoms with Crippen molar-refractivity contribution in [2.75, 3.05) is 11.9 Å². The topological polar surface area (TPSA) is 116 Å². The molecule has 0 radical (unpaired) electrons. The molecule has 1 N–H and O–H groups in total. The van der Waals surface area contributed by atoms with E-state index in [2.05, 4.69) is 15.9 Å². The lowest BCUT2D eigenvalue weighted by molar-refractivity contribution is -0.151. The second kappa shape index (κ2) is 24.3.